The Morgan fingerprint density at radius 1 is 0.974 bits per heavy atom. The SMILES string of the molecule is COc1ccc(C2CC(=O)Oc3cc4c(c(O)c32)C(=O)O[C@@H](C)CCCC(=O)CCCC=C4)c(OC)c1OC. The van der Waals surface area contributed by atoms with Gasteiger partial charge in [0.15, 0.2) is 11.5 Å². The minimum Gasteiger partial charge on any atom is -0.507 e. The highest BCUT2D eigenvalue weighted by Gasteiger charge is 2.37. The number of esters is 2. The number of phenols is 1. The van der Waals surface area contributed by atoms with Crippen LogP contribution in [-0.2, 0) is 14.3 Å². The predicted octanol–water partition coefficient (Wildman–Crippen LogP) is 5.34. The van der Waals surface area contributed by atoms with Gasteiger partial charge in [-0.25, -0.2) is 4.79 Å². The molecule has 0 saturated heterocycles. The van der Waals surface area contributed by atoms with Crippen molar-refractivity contribution in [1.82, 2.24) is 0 Å². The Bertz CT molecular complexity index is 1290. The molecule has 0 bridgehead atoms. The molecule has 1 unspecified atom stereocenters. The Labute approximate surface area is 227 Å². The van der Waals surface area contributed by atoms with Crippen molar-refractivity contribution >= 4 is 23.8 Å². The number of carbonyl (C=O) groups excluding carboxylic acids is 3. The number of hydrogen-bond acceptors (Lipinski definition) is 9. The highest BCUT2D eigenvalue weighted by atomic mass is 16.5. The number of rotatable bonds is 4. The van der Waals surface area contributed by atoms with Crippen LogP contribution < -0.4 is 18.9 Å². The first-order valence-electron chi connectivity index (χ1n) is 13.1. The molecule has 208 valence electrons. The standard InChI is InChI=1S/C30H34O9/c1-17-9-8-12-19(31)11-7-5-6-10-18-15-23-26(27(33)25(18)30(34)38-17)21(16-24(32)39-23)20-13-14-22(35-2)29(37-4)28(20)36-3/h6,10,13-15,17,21,33H,5,7-9,11-12,16H2,1-4H3/t17-,21?/m0/s1. The van der Waals surface area contributed by atoms with Crippen LogP contribution in [0.1, 0.15) is 84.8 Å². The van der Waals surface area contributed by atoms with Crippen molar-refractivity contribution in [3.05, 3.63) is 46.5 Å². The molecule has 2 aromatic carbocycles. The van der Waals surface area contributed by atoms with E-state index in [1.54, 1.807) is 31.2 Å². The van der Waals surface area contributed by atoms with E-state index in [1.165, 1.54) is 21.3 Å². The Morgan fingerprint density at radius 3 is 2.44 bits per heavy atom. The number of phenolic OH excluding ortho intramolecular Hbond substituents is 1. The van der Waals surface area contributed by atoms with Crippen molar-refractivity contribution < 1.29 is 43.2 Å². The zero-order chi connectivity index (χ0) is 28.1. The van der Waals surface area contributed by atoms with E-state index in [0.717, 1.165) is 0 Å². The first kappa shape index (κ1) is 28.0. The number of methoxy groups -OCH3 is 3. The molecule has 9 heteroatoms. The van der Waals surface area contributed by atoms with Gasteiger partial charge in [-0.05, 0) is 50.3 Å². The normalized spacial score (nSPS) is 20.2. The monoisotopic (exact) mass is 538 g/mol. The molecule has 2 aliphatic heterocycles. The summed E-state index contributed by atoms with van der Waals surface area (Å²) in [7, 11) is 4.46. The molecule has 0 aliphatic carbocycles. The first-order valence-corrected chi connectivity index (χ1v) is 13.1. The fourth-order valence-corrected chi connectivity index (χ4v) is 5.18. The highest BCUT2D eigenvalue weighted by molar-refractivity contribution is 5.98. The molecule has 0 aromatic heterocycles. The van der Waals surface area contributed by atoms with Gasteiger partial charge in [-0.1, -0.05) is 18.2 Å². The molecule has 39 heavy (non-hydrogen) atoms. The first-order chi connectivity index (χ1) is 18.8. The molecule has 4 rings (SSSR count). The van der Waals surface area contributed by atoms with Gasteiger partial charge in [-0.2, -0.15) is 0 Å². The summed E-state index contributed by atoms with van der Waals surface area (Å²) >= 11 is 0. The van der Waals surface area contributed by atoms with E-state index < -0.39 is 24.0 Å². The van der Waals surface area contributed by atoms with E-state index in [9.17, 15) is 19.5 Å². The minimum absolute atomic E-state index is 0.00706. The predicted molar refractivity (Wildman–Crippen MR) is 143 cm³/mol. The van der Waals surface area contributed by atoms with Gasteiger partial charge in [0.25, 0.3) is 0 Å². The number of ether oxygens (including phenoxy) is 5. The lowest BCUT2D eigenvalue weighted by Gasteiger charge is -2.29. The van der Waals surface area contributed by atoms with E-state index in [-0.39, 0.29) is 34.8 Å². The fourth-order valence-electron chi connectivity index (χ4n) is 5.18. The molecular weight excluding hydrogens is 504 g/mol. The molecule has 0 saturated carbocycles. The molecule has 2 heterocycles. The maximum absolute atomic E-state index is 13.4. The van der Waals surface area contributed by atoms with Crippen molar-refractivity contribution in [3.8, 4) is 28.7 Å². The smallest absolute Gasteiger partial charge is 0.342 e. The molecule has 0 radical (unpaired) electrons. The summed E-state index contributed by atoms with van der Waals surface area (Å²) in [4.78, 5) is 38.2. The highest BCUT2D eigenvalue weighted by Crippen LogP contribution is 2.52. The fraction of sp³-hybridized carbons (Fsp3) is 0.433. The van der Waals surface area contributed by atoms with Gasteiger partial charge in [0.2, 0.25) is 5.75 Å². The van der Waals surface area contributed by atoms with Crippen LogP contribution >= 0.6 is 0 Å². The van der Waals surface area contributed by atoms with Gasteiger partial charge < -0.3 is 28.8 Å². The number of carbonyl (C=O) groups is 3. The summed E-state index contributed by atoms with van der Waals surface area (Å²) in [6.45, 7) is 1.76. The van der Waals surface area contributed by atoms with Crippen molar-refractivity contribution in [2.75, 3.05) is 21.3 Å². The average Bonchev–Trinajstić information content (AvgIpc) is 2.90. The number of ketones is 1. The molecular formula is C30H34O9. The van der Waals surface area contributed by atoms with E-state index >= 15 is 0 Å². The van der Waals surface area contributed by atoms with Crippen LogP contribution in [0, 0.1) is 0 Å². The maximum Gasteiger partial charge on any atom is 0.342 e. The lowest BCUT2D eigenvalue weighted by molar-refractivity contribution is -0.135. The number of Topliss-reactive ketones (excluding diaryl/α,β-unsaturated/α-hetero) is 1. The molecule has 0 amide bonds. The Kier molecular flexibility index (Phi) is 8.79. The average molecular weight is 539 g/mol. The second-order valence-electron chi connectivity index (χ2n) is 9.70. The van der Waals surface area contributed by atoms with Crippen molar-refractivity contribution in [1.29, 1.82) is 0 Å². The number of fused-ring (bicyclic) bond motifs is 2. The van der Waals surface area contributed by atoms with Gasteiger partial charge in [0, 0.05) is 29.9 Å². The summed E-state index contributed by atoms with van der Waals surface area (Å²) in [6.07, 6.45) is 6.32. The summed E-state index contributed by atoms with van der Waals surface area (Å²) in [5.41, 5.74) is 1.20. The van der Waals surface area contributed by atoms with Crippen molar-refractivity contribution in [2.24, 2.45) is 0 Å². The second-order valence-corrected chi connectivity index (χ2v) is 9.70. The largest absolute Gasteiger partial charge is 0.507 e. The summed E-state index contributed by atoms with van der Waals surface area (Å²) < 4.78 is 27.8. The maximum atomic E-state index is 13.4. The number of benzene rings is 2. The molecule has 9 nitrogen and oxygen atoms in total. The number of hydrogen-bond donors (Lipinski definition) is 1. The Hall–Kier alpha value is -4.01. The van der Waals surface area contributed by atoms with Gasteiger partial charge in [0.1, 0.15) is 22.8 Å². The van der Waals surface area contributed by atoms with Crippen molar-refractivity contribution in [2.45, 2.75) is 63.9 Å². The van der Waals surface area contributed by atoms with Gasteiger partial charge in [0.05, 0.1) is 33.9 Å². The zero-order valence-corrected chi connectivity index (χ0v) is 22.7. The summed E-state index contributed by atoms with van der Waals surface area (Å²) in [5, 5.41) is 11.6. The van der Waals surface area contributed by atoms with E-state index in [1.807, 2.05) is 6.08 Å². The van der Waals surface area contributed by atoms with Crippen LogP contribution in [0.4, 0.5) is 0 Å². The second kappa shape index (κ2) is 12.2. The molecule has 0 fully saturated rings. The van der Waals surface area contributed by atoms with Crippen LogP contribution in [0.25, 0.3) is 6.08 Å². The summed E-state index contributed by atoms with van der Waals surface area (Å²) in [5.74, 6) is -0.757. The van der Waals surface area contributed by atoms with Crippen LogP contribution in [0.15, 0.2) is 24.3 Å². The molecule has 2 aromatic rings. The third-order valence-corrected chi connectivity index (χ3v) is 7.09. The number of cyclic esters (lactones) is 1. The minimum atomic E-state index is -0.699. The Morgan fingerprint density at radius 2 is 1.72 bits per heavy atom. The van der Waals surface area contributed by atoms with Gasteiger partial charge >= 0.3 is 11.9 Å². The quantitative estimate of drug-likeness (QED) is 0.406. The number of aromatic hydroxyl groups is 1. The lowest BCUT2D eigenvalue weighted by Crippen LogP contribution is -2.23. The van der Waals surface area contributed by atoms with E-state index in [0.29, 0.717) is 66.9 Å². The molecule has 2 atom stereocenters. The number of allylic oxidation sites excluding steroid dienone is 1. The van der Waals surface area contributed by atoms with E-state index in [2.05, 4.69) is 0 Å². The molecule has 1 N–H and O–H groups in total. The van der Waals surface area contributed by atoms with Crippen LogP contribution in [0.2, 0.25) is 0 Å². The van der Waals surface area contributed by atoms with Crippen LogP contribution in [0.3, 0.4) is 0 Å². The lowest BCUT2D eigenvalue weighted by atomic mass is 9.83. The third-order valence-electron chi connectivity index (χ3n) is 7.09. The Balaban J connectivity index is 1.87. The molecule has 2 aliphatic rings. The zero-order valence-electron chi connectivity index (χ0n) is 22.7. The molecule has 0 spiro atoms. The summed E-state index contributed by atoms with van der Waals surface area (Å²) in [6, 6.07) is 5.00. The van der Waals surface area contributed by atoms with Gasteiger partial charge in [-0.3, -0.25) is 9.59 Å². The van der Waals surface area contributed by atoms with E-state index in [4.69, 9.17) is 23.7 Å². The van der Waals surface area contributed by atoms with Crippen molar-refractivity contribution in [3.63, 3.8) is 0 Å². The van der Waals surface area contributed by atoms with Gasteiger partial charge in [-0.15, -0.1) is 0 Å². The van der Waals surface area contributed by atoms with Crippen LogP contribution in [-0.4, -0.2) is 50.3 Å². The third kappa shape index (κ3) is 5.87. The van der Waals surface area contributed by atoms with Crippen LogP contribution in [0.5, 0.6) is 28.7 Å². The topological polar surface area (TPSA) is 118 Å².